The fraction of sp³-hybridized carbons (Fsp3) is 0.556. The average molecular weight is 331 g/mol. The third kappa shape index (κ3) is 3.44. The van der Waals surface area contributed by atoms with Crippen molar-refractivity contribution in [1.82, 2.24) is 15.1 Å². The first kappa shape index (κ1) is 16.9. The van der Waals surface area contributed by atoms with E-state index in [-0.39, 0.29) is 23.9 Å². The Balaban J connectivity index is 1.60. The van der Waals surface area contributed by atoms with Crippen molar-refractivity contribution in [3.8, 4) is 0 Å². The Morgan fingerprint density at radius 3 is 2.46 bits per heavy atom. The maximum atomic E-state index is 12.5. The molecule has 6 heteroatoms. The normalized spacial score (nSPS) is 25.7. The standard InChI is InChI=1S/C18H25N3O3/c1-19-17(23)16-11-15(22)12-21(16)14-7-9-20(10-8-14)18(24)13-5-3-2-4-6-13/h2-6,14-16,22H,7-12H2,1H3,(H,19,23)/t15-,16+/m1/s1. The lowest BCUT2D eigenvalue weighted by atomic mass is 10.0. The van der Waals surface area contributed by atoms with Gasteiger partial charge in [0.15, 0.2) is 0 Å². The molecule has 2 aliphatic rings. The minimum Gasteiger partial charge on any atom is -0.392 e. The van der Waals surface area contributed by atoms with Gasteiger partial charge in [-0.2, -0.15) is 0 Å². The van der Waals surface area contributed by atoms with Crippen molar-refractivity contribution >= 4 is 11.8 Å². The SMILES string of the molecule is CNC(=O)[C@@H]1C[C@@H](O)CN1C1CCN(C(=O)c2ccccc2)CC1. The zero-order valence-electron chi connectivity index (χ0n) is 14.0. The number of rotatable bonds is 3. The second-order valence-electron chi connectivity index (χ2n) is 6.61. The minimum absolute atomic E-state index is 0.0330. The molecule has 2 atom stereocenters. The molecule has 0 unspecified atom stereocenters. The van der Waals surface area contributed by atoms with Gasteiger partial charge in [-0.05, 0) is 31.4 Å². The summed E-state index contributed by atoms with van der Waals surface area (Å²) in [5.74, 6) is 0.0349. The van der Waals surface area contributed by atoms with E-state index in [9.17, 15) is 14.7 Å². The zero-order chi connectivity index (χ0) is 17.1. The van der Waals surface area contributed by atoms with E-state index in [0.717, 1.165) is 18.4 Å². The summed E-state index contributed by atoms with van der Waals surface area (Å²) in [5, 5.41) is 12.6. The number of amides is 2. The van der Waals surface area contributed by atoms with Crippen LogP contribution in [0.1, 0.15) is 29.6 Å². The number of nitrogens with zero attached hydrogens (tertiary/aromatic N) is 2. The number of hydrogen-bond acceptors (Lipinski definition) is 4. The van der Waals surface area contributed by atoms with Gasteiger partial charge in [0.25, 0.3) is 5.91 Å². The molecule has 24 heavy (non-hydrogen) atoms. The first-order valence-electron chi connectivity index (χ1n) is 8.60. The van der Waals surface area contributed by atoms with E-state index >= 15 is 0 Å². The molecule has 2 heterocycles. The predicted molar refractivity (Wildman–Crippen MR) is 90.6 cm³/mol. The molecule has 1 aromatic rings. The highest BCUT2D eigenvalue weighted by Gasteiger charge is 2.40. The number of aliphatic hydroxyl groups excluding tert-OH is 1. The average Bonchev–Trinajstić information content (AvgIpc) is 3.03. The van der Waals surface area contributed by atoms with Crippen LogP contribution < -0.4 is 5.32 Å². The maximum Gasteiger partial charge on any atom is 0.253 e. The molecule has 3 rings (SSSR count). The Kier molecular flexibility index (Phi) is 5.16. The second-order valence-corrected chi connectivity index (χ2v) is 6.61. The maximum absolute atomic E-state index is 12.5. The van der Waals surface area contributed by atoms with Gasteiger partial charge >= 0.3 is 0 Å². The van der Waals surface area contributed by atoms with E-state index in [1.165, 1.54) is 0 Å². The first-order valence-corrected chi connectivity index (χ1v) is 8.60. The molecule has 2 amide bonds. The van der Waals surface area contributed by atoms with Crippen molar-refractivity contribution < 1.29 is 14.7 Å². The van der Waals surface area contributed by atoms with Crippen LogP contribution in [-0.2, 0) is 4.79 Å². The van der Waals surface area contributed by atoms with Crippen molar-refractivity contribution in [2.45, 2.75) is 37.5 Å². The van der Waals surface area contributed by atoms with Gasteiger partial charge in [0, 0.05) is 38.3 Å². The lowest BCUT2D eigenvalue weighted by molar-refractivity contribution is -0.126. The Morgan fingerprint density at radius 1 is 1.17 bits per heavy atom. The van der Waals surface area contributed by atoms with E-state index < -0.39 is 6.10 Å². The van der Waals surface area contributed by atoms with Gasteiger partial charge in [-0.3, -0.25) is 14.5 Å². The summed E-state index contributed by atoms with van der Waals surface area (Å²) in [6, 6.07) is 9.31. The van der Waals surface area contributed by atoms with Crippen LogP contribution in [-0.4, -0.2) is 71.6 Å². The number of nitrogens with one attached hydrogen (secondary N) is 1. The van der Waals surface area contributed by atoms with Gasteiger partial charge in [0.1, 0.15) is 0 Å². The number of β-amino-alcohol motifs (C(OH)–C–C–N with tert-alkyl or cyclic N) is 1. The number of likely N-dealkylation sites (tertiary alicyclic amines) is 2. The van der Waals surface area contributed by atoms with Gasteiger partial charge in [0.2, 0.25) is 5.91 Å². The van der Waals surface area contributed by atoms with Crippen LogP contribution >= 0.6 is 0 Å². The van der Waals surface area contributed by atoms with Crippen molar-refractivity contribution in [1.29, 1.82) is 0 Å². The van der Waals surface area contributed by atoms with Crippen LogP contribution in [0.15, 0.2) is 30.3 Å². The Morgan fingerprint density at radius 2 is 1.83 bits per heavy atom. The van der Waals surface area contributed by atoms with Crippen molar-refractivity contribution in [2.75, 3.05) is 26.7 Å². The molecule has 2 saturated heterocycles. The molecular weight excluding hydrogens is 306 g/mol. The second kappa shape index (κ2) is 7.32. The van der Waals surface area contributed by atoms with Crippen molar-refractivity contribution in [3.63, 3.8) is 0 Å². The van der Waals surface area contributed by atoms with E-state index in [1.54, 1.807) is 7.05 Å². The van der Waals surface area contributed by atoms with Gasteiger partial charge in [0.05, 0.1) is 12.1 Å². The fourth-order valence-electron chi connectivity index (χ4n) is 3.83. The summed E-state index contributed by atoms with van der Waals surface area (Å²) in [7, 11) is 1.63. The Hall–Kier alpha value is -1.92. The van der Waals surface area contributed by atoms with Crippen LogP contribution in [0.4, 0.5) is 0 Å². The van der Waals surface area contributed by atoms with Gasteiger partial charge in [-0.1, -0.05) is 18.2 Å². The van der Waals surface area contributed by atoms with Crippen LogP contribution in [0.2, 0.25) is 0 Å². The minimum atomic E-state index is -0.448. The summed E-state index contributed by atoms with van der Waals surface area (Å²) in [6.07, 6.45) is 1.71. The molecule has 0 radical (unpaired) electrons. The molecule has 0 aromatic heterocycles. The van der Waals surface area contributed by atoms with E-state index in [1.807, 2.05) is 35.2 Å². The number of aliphatic hydroxyl groups is 1. The predicted octanol–water partition coefficient (Wildman–Crippen LogP) is 0.472. The Labute approximate surface area is 142 Å². The van der Waals surface area contributed by atoms with Crippen molar-refractivity contribution in [3.05, 3.63) is 35.9 Å². The number of benzene rings is 1. The monoisotopic (exact) mass is 331 g/mol. The third-order valence-corrected chi connectivity index (χ3v) is 5.11. The summed E-state index contributed by atoms with van der Waals surface area (Å²) in [4.78, 5) is 28.5. The van der Waals surface area contributed by atoms with Gasteiger partial charge < -0.3 is 15.3 Å². The molecule has 6 nitrogen and oxygen atoms in total. The molecule has 130 valence electrons. The number of piperidine rings is 1. The molecule has 2 fully saturated rings. The van der Waals surface area contributed by atoms with E-state index in [4.69, 9.17) is 0 Å². The molecular formula is C18H25N3O3. The highest BCUT2D eigenvalue weighted by molar-refractivity contribution is 5.94. The molecule has 2 aliphatic heterocycles. The van der Waals surface area contributed by atoms with Crippen LogP contribution in [0.3, 0.4) is 0 Å². The highest BCUT2D eigenvalue weighted by atomic mass is 16.3. The van der Waals surface area contributed by atoms with Gasteiger partial charge in [-0.25, -0.2) is 0 Å². The molecule has 1 aromatic carbocycles. The molecule has 0 bridgehead atoms. The zero-order valence-corrected chi connectivity index (χ0v) is 14.0. The molecule has 0 aliphatic carbocycles. The van der Waals surface area contributed by atoms with Crippen LogP contribution in [0.5, 0.6) is 0 Å². The highest BCUT2D eigenvalue weighted by Crippen LogP contribution is 2.27. The number of carbonyl (C=O) groups excluding carboxylic acids is 2. The van der Waals surface area contributed by atoms with Crippen LogP contribution in [0, 0.1) is 0 Å². The van der Waals surface area contributed by atoms with Gasteiger partial charge in [-0.15, -0.1) is 0 Å². The first-order chi connectivity index (χ1) is 11.6. The van der Waals surface area contributed by atoms with E-state index in [0.29, 0.717) is 26.1 Å². The number of hydrogen-bond donors (Lipinski definition) is 2. The quantitative estimate of drug-likeness (QED) is 0.845. The molecule has 0 spiro atoms. The summed E-state index contributed by atoms with van der Waals surface area (Å²) >= 11 is 0. The van der Waals surface area contributed by atoms with Crippen LogP contribution in [0.25, 0.3) is 0 Å². The topological polar surface area (TPSA) is 72.9 Å². The summed E-state index contributed by atoms with van der Waals surface area (Å²) < 4.78 is 0. The number of likely N-dealkylation sites (N-methyl/N-ethyl adjacent to an activating group) is 1. The van der Waals surface area contributed by atoms with Crippen molar-refractivity contribution in [2.24, 2.45) is 0 Å². The summed E-state index contributed by atoms with van der Waals surface area (Å²) in [5.41, 5.74) is 0.718. The molecule has 0 saturated carbocycles. The Bertz CT molecular complexity index is 584. The number of carbonyl (C=O) groups is 2. The third-order valence-electron chi connectivity index (χ3n) is 5.11. The molecule has 2 N–H and O–H groups in total. The lowest BCUT2D eigenvalue weighted by Gasteiger charge is -2.38. The fourth-order valence-corrected chi connectivity index (χ4v) is 3.83. The summed E-state index contributed by atoms with van der Waals surface area (Å²) in [6.45, 7) is 1.91. The smallest absolute Gasteiger partial charge is 0.253 e. The lowest BCUT2D eigenvalue weighted by Crippen LogP contribution is -2.51. The van der Waals surface area contributed by atoms with E-state index in [2.05, 4.69) is 10.2 Å². The largest absolute Gasteiger partial charge is 0.392 e.